The second kappa shape index (κ2) is 7.89. The number of imidazole rings is 1. The Morgan fingerprint density at radius 3 is 2.56 bits per heavy atom. The van der Waals surface area contributed by atoms with Gasteiger partial charge in [0.05, 0.1) is 39.0 Å². The zero-order chi connectivity index (χ0) is 19.5. The number of carbonyl (C=O) groups is 1. The molecule has 0 bridgehead atoms. The molecular weight excluding hydrogens is 368 g/mol. The van der Waals surface area contributed by atoms with E-state index < -0.39 is 20.6 Å². The average Bonchev–Trinajstić information content (AvgIpc) is 3.15. The van der Waals surface area contributed by atoms with Gasteiger partial charge in [-0.3, -0.25) is 4.79 Å². The summed E-state index contributed by atoms with van der Waals surface area (Å²) in [5.74, 6) is -1.22. The molecule has 0 aliphatic carbocycles. The number of carbonyl (C=O) groups excluding carboxylic acids is 1. The molecule has 1 aliphatic heterocycles. The van der Waals surface area contributed by atoms with Crippen LogP contribution in [-0.2, 0) is 16.4 Å². The third-order valence-electron chi connectivity index (χ3n) is 4.88. The summed E-state index contributed by atoms with van der Waals surface area (Å²) < 4.78 is 26.7. The van der Waals surface area contributed by atoms with Gasteiger partial charge in [-0.2, -0.15) is 4.31 Å². The number of ketones is 1. The zero-order valence-corrected chi connectivity index (χ0v) is 16.1. The summed E-state index contributed by atoms with van der Waals surface area (Å²) in [5.41, 5.74) is 0.889. The Morgan fingerprint density at radius 1 is 1.30 bits per heavy atom. The van der Waals surface area contributed by atoms with Crippen molar-refractivity contribution in [1.29, 1.82) is 0 Å². The van der Waals surface area contributed by atoms with Gasteiger partial charge in [-0.25, -0.2) is 13.4 Å². The Hall–Kier alpha value is -2.07. The van der Waals surface area contributed by atoms with Crippen molar-refractivity contribution in [2.45, 2.75) is 6.42 Å². The van der Waals surface area contributed by atoms with Crippen LogP contribution in [0.2, 0.25) is 0 Å². The molecule has 0 spiro atoms. The van der Waals surface area contributed by atoms with Crippen molar-refractivity contribution in [2.75, 3.05) is 39.0 Å². The summed E-state index contributed by atoms with van der Waals surface area (Å²) in [7, 11) is -2.12. The maximum atomic E-state index is 12.9. The highest BCUT2D eigenvalue weighted by Gasteiger charge is 2.35. The summed E-state index contributed by atoms with van der Waals surface area (Å²) in [4.78, 5) is 19.6. The molecule has 0 unspecified atom stereocenters. The molecule has 1 saturated heterocycles. The van der Waals surface area contributed by atoms with E-state index in [1.807, 2.05) is 30.3 Å². The van der Waals surface area contributed by atoms with Gasteiger partial charge >= 0.3 is 0 Å². The van der Waals surface area contributed by atoms with Crippen molar-refractivity contribution >= 4 is 15.8 Å². The Kier molecular flexibility index (Phi) is 5.75. The van der Waals surface area contributed by atoms with Crippen molar-refractivity contribution < 1.29 is 17.9 Å². The Bertz CT molecular complexity index is 856. The number of rotatable bonds is 7. The molecule has 27 heavy (non-hydrogen) atoms. The molecule has 1 atom stereocenters. The summed E-state index contributed by atoms with van der Waals surface area (Å²) in [6.45, 7) is 0.786. The molecule has 8 nitrogen and oxygen atoms in total. The standard InChI is InChI=1S/C18H24N4O4S/c1-22(24)11-9-21(10-12-22)27(25,26)14-16(13-15-5-3-2-4-6-15)17(23)18-19-7-8-20-18/h2-8,16H,9-14H2,1H3,(H,19,20)/t16-/m0/s1. The SMILES string of the molecule is C[N+]1([O-])CCN(S(=O)(=O)C[C@H](Cc2ccccc2)C(=O)c2ncc[nH]2)CC1. The quantitative estimate of drug-likeness (QED) is 0.430. The van der Waals surface area contributed by atoms with E-state index in [1.165, 1.54) is 10.5 Å². The molecule has 9 heteroatoms. The third kappa shape index (κ3) is 5.01. The highest BCUT2D eigenvalue weighted by atomic mass is 32.2. The third-order valence-corrected chi connectivity index (χ3v) is 6.85. The van der Waals surface area contributed by atoms with Gasteiger partial charge in [0.15, 0.2) is 5.82 Å². The highest BCUT2D eigenvalue weighted by molar-refractivity contribution is 7.89. The van der Waals surface area contributed by atoms with Crippen LogP contribution < -0.4 is 0 Å². The normalized spacial score (nSPS) is 18.9. The van der Waals surface area contributed by atoms with Crippen LogP contribution in [0.15, 0.2) is 42.7 Å². The smallest absolute Gasteiger partial charge is 0.215 e. The van der Waals surface area contributed by atoms with Gasteiger partial charge in [0.2, 0.25) is 15.8 Å². The van der Waals surface area contributed by atoms with Crippen molar-refractivity contribution in [1.82, 2.24) is 14.3 Å². The van der Waals surface area contributed by atoms with Crippen molar-refractivity contribution in [2.24, 2.45) is 5.92 Å². The molecule has 1 aromatic heterocycles. The second-order valence-electron chi connectivity index (χ2n) is 7.11. The monoisotopic (exact) mass is 392 g/mol. The van der Waals surface area contributed by atoms with E-state index in [9.17, 15) is 18.4 Å². The first kappa shape index (κ1) is 19.7. The van der Waals surface area contributed by atoms with Crippen molar-refractivity contribution in [3.63, 3.8) is 0 Å². The number of sulfonamides is 1. The Morgan fingerprint density at radius 2 is 1.96 bits per heavy atom. The predicted octanol–water partition coefficient (Wildman–Crippen LogP) is 1.04. The van der Waals surface area contributed by atoms with Crippen LogP contribution >= 0.6 is 0 Å². The number of hydrogen-bond donors (Lipinski definition) is 1. The number of hydroxylamine groups is 3. The van der Waals surface area contributed by atoms with Crippen LogP contribution in [0, 0.1) is 11.1 Å². The van der Waals surface area contributed by atoms with Gasteiger partial charge in [-0.15, -0.1) is 0 Å². The van der Waals surface area contributed by atoms with Crippen LogP contribution in [0.4, 0.5) is 0 Å². The number of hydrogen-bond acceptors (Lipinski definition) is 5. The largest absolute Gasteiger partial charge is 0.633 e. The number of H-pyrrole nitrogens is 1. The summed E-state index contributed by atoms with van der Waals surface area (Å²) in [6.07, 6.45) is 3.32. The number of aromatic nitrogens is 2. The number of aromatic amines is 1. The van der Waals surface area contributed by atoms with E-state index in [-0.39, 0.29) is 43.5 Å². The average molecular weight is 392 g/mol. The number of piperazine rings is 1. The minimum Gasteiger partial charge on any atom is -0.633 e. The molecule has 1 fully saturated rings. The van der Waals surface area contributed by atoms with Crippen LogP contribution in [0.5, 0.6) is 0 Å². The fourth-order valence-corrected chi connectivity index (χ4v) is 4.94. The van der Waals surface area contributed by atoms with E-state index in [0.29, 0.717) is 6.42 Å². The van der Waals surface area contributed by atoms with Crippen LogP contribution in [0.3, 0.4) is 0 Å². The summed E-state index contributed by atoms with van der Waals surface area (Å²) in [6, 6.07) is 9.33. The Labute approximate surface area is 159 Å². The molecule has 0 radical (unpaired) electrons. The van der Waals surface area contributed by atoms with E-state index in [2.05, 4.69) is 9.97 Å². The molecule has 1 aromatic carbocycles. The van der Waals surface area contributed by atoms with E-state index in [1.54, 1.807) is 13.2 Å². The first-order chi connectivity index (χ1) is 12.8. The second-order valence-corrected chi connectivity index (χ2v) is 9.12. The molecule has 146 valence electrons. The summed E-state index contributed by atoms with van der Waals surface area (Å²) >= 11 is 0. The van der Waals surface area contributed by atoms with Crippen molar-refractivity contribution in [3.05, 3.63) is 59.3 Å². The molecule has 0 amide bonds. The molecule has 0 saturated carbocycles. The Balaban J connectivity index is 1.79. The lowest BCUT2D eigenvalue weighted by Gasteiger charge is -2.44. The number of Topliss-reactive ketones (excluding diaryl/α,β-unsaturated/α-hetero) is 1. The predicted molar refractivity (Wildman–Crippen MR) is 101 cm³/mol. The minimum absolute atomic E-state index is 0.161. The minimum atomic E-state index is -3.67. The van der Waals surface area contributed by atoms with Crippen LogP contribution in [0.1, 0.15) is 16.2 Å². The van der Waals surface area contributed by atoms with Crippen LogP contribution in [0.25, 0.3) is 0 Å². The first-order valence-electron chi connectivity index (χ1n) is 8.88. The van der Waals surface area contributed by atoms with E-state index in [4.69, 9.17) is 0 Å². The number of nitrogens with zero attached hydrogens (tertiary/aromatic N) is 3. The fourth-order valence-electron chi connectivity index (χ4n) is 3.23. The highest BCUT2D eigenvalue weighted by Crippen LogP contribution is 2.19. The number of likely N-dealkylation sites (N-methyl/N-ethyl adjacent to an activating group) is 1. The maximum Gasteiger partial charge on any atom is 0.215 e. The van der Waals surface area contributed by atoms with Crippen molar-refractivity contribution in [3.8, 4) is 0 Å². The number of quaternary nitrogens is 1. The topological polar surface area (TPSA) is 106 Å². The van der Waals surface area contributed by atoms with Gasteiger partial charge in [0, 0.05) is 18.3 Å². The fraction of sp³-hybridized carbons (Fsp3) is 0.444. The molecule has 1 N–H and O–H groups in total. The molecule has 2 aromatic rings. The van der Waals surface area contributed by atoms with Gasteiger partial charge in [0.1, 0.15) is 0 Å². The number of nitrogens with one attached hydrogen (secondary N) is 1. The van der Waals surface area contributed by atoms with Gasteiger partial charge in [-0.1, -0.05) is 30.3 Å². The lowest BCUT2D eigenvalue weighted by atomic mass is 9.96. The van der Waals surface area contributed by atoms with E-state index in [0.717, 1.165) is 5.56 Å². The van der Waals surface area contributed by atoms with Gasteiger partial charge in [-0.05, 0) is 12.0 Å². The first-order valence-corrected chi connectivity index (χ1v) is 10.5. The zero-order valence-electron chi connectivity index (χ0n) is 15.2. The maximum absolute atomic E-state index is 12.9. The molecule has 3 rings (SSSR count). The van der Waals surface area contributed by atoms with Crippen LogP contribution in [-0.4, -0.2) is 72.1 Å². The van der Waals surface area contributed by atoms with Gasteiger partial charge < -0.3 is 14.8 Å². The van der Waals surface area contributed by atoms with E-state index >= 15 is 0 Å². The summed E-state index contributed by atoms with van der Waals surface area (Å²) in [5, 5.41) is 12.0. The molecule has 2 heterocycles. The lowest BCUT2D eigenvalue weighted by Crippen LogP contribution is -2.55. The number of benzene rings is 1. The molecular formula is C18H24N4O4S. The lowest BCUT2D eigenvalue weighted by molar-refractivity contribution is -0.864. The van der Waals surface area contributed by atoms with Gasteiger partial charge in [0.25, 0.3) is 0 Å². The molecule has 1 aliphatic rings.